The van der Waals surface area contributed by atoms with Gasteiger partial charge in [-0.2, -0.15) is 10.2 Å². The number of H-pyrrole nitrogens is 1. The Morgan fingerprint density at radius 1 is 1.22 bits per heavy atom. The third kappa shape index (κ3) is 3.53. The monoisotopic (exact) mass is 363 g/mol. The summed E-state index contributed by atoms with van der Waals surface area (Å²) in [7, 11) is 0. The second-order valence-corrected chi connectivity index (χ2v) is 6.51. The molecule has 3 N–H and O–H groups in total. The SMILES string of the molecule is N#Cc1ccc(CNC(=O)c2[nH]c([NH+]3CCOCC3)[n+]3ccccc23)cc1. The summed E-state index contributed by atoms with van der Waals surface area (Å²) in [5, 5.41) is 11.8. The molecular formula is C20H21N5O2+2. The van der Waals surface area contributed by atoms with Crippen molar-refractivity contribution in [2.75, 3.05) is 26.3 Å². The second-order valence-electron chi connectivity index (χ2n) is 6.51. The number of nitriles is 1. The first-order valence-electron chi connectivity index (χ1n) is 8.98. The maximum atomic E-state index is 12.8. The molecule has 7 nitrogen and oxygen atoms in total. The first-order chi connectivity index (χ1) is 13.3. The highest BCUT2D eigenvalue weighted by molar-refractivity contribution is 5.98. The average Bonchev–Trinajstić information content (AvgIpc) is 3.13. The van der Waals surface area contributed by atoms with Crippen molar-refractivity contribution in [1.82, 2.24) is 10.3 Å². The molecule has 0 atom stereocenters. The van der Waals surface area contributed by atoms with Crippen molar-refractivity contribution >= 4 is 17.4 Å². The quantitative estimate of drug-likeness (QED) is 0.575. The minimum atomic E-state index is -0.151. The van der Waals surface area contributed by atoms with Crippen molar-refractivity contribution in [3.05, 3.63) is 65.5 Å². The van der Waals surface area contributed by atoms with Crippen LogP contribution in [0.25, 0.3) is 5.52 Å². The van der Waals surface area contributed by atoms with Crippen LogP contribution in [-0.2, 0) is 11.3 Å². The fourth-order valence-electron chi connectivity index (χ4n) is 3.34. The molecule has 1 fully saturated rings. The zero-order valence-corrected chi connectivity index (χ0v) is 14.9. The van der Waals surface area contributed by atoms with Gasteiger partial charge >= 0.3 is 5.95 Å². The molecule has 0 spiro atoms. The fourth-order valence-corrected chi connectivity index (χ4v) is 3.34. The number of aromatic amines is 1. The lowest BCUT2D eigenvalue weighted by atomic mass is 10.1. The maximum Gasteiger partial charge on any atom is 0.457 e. The smallest absolute Gasteiger partial charge is 0.370 e. The average molecular weight is 363 g/mol. The second kappa shape index (κ2) is 7.58. The minimum absolute atomic E-state index is 0.151. The molecule has 1 aromatic carbocycles. The van der Waals surface area contributed by atoms with Gasteiger partial charge < -0.3 is 10.1 Å². The van der Waals surface area contributed by atoms with Crippen LogP contribution >= 0.6 is 0 Å². The molecule has 3 heterocycles. The first-order valence-corrected chi connectivity index (χ1v) is 8.98. The number of quaternary nitrogens is 1. The maximum absolute atomic E-state index is 12.8. The van der Waals surface area contributed by atoms with E-state index in [9.17, 15) is 4.79 Å². The Morgan fingerprint density at radius 2 is 2.00 bits per heavy atom. The summed E-state index contributed by atoms with van der Waals surface area (Å²) < 4.78 is 7.49. The van der Waals surface area contributed by atoms with Gasteiger partial charge in [0.1, 0.15) is 19.3 Å². The minimum Gasteiger partial charge on any atom is -0.370 e. The normalized spacial score (nSPS) is 14.8. The van der Waals surface area contributed by atoms with Crippen LogP contribution in [0.15, 0.2) is 48.7 Å². The van der Waals surface area contributed by atoms with Gasteiger partial charge in [0.05, 0.1) is 24.8 Å². The van der Waals surface area contributed by atoms with E-state index < -0.39 is 0 Å². The van der Waals surface area contributed by atoms with E-state index >= 15 is 0 Å². The summed E-state index contributed by atoms with van der Waals surface area (Å²) in [6, 6.07) is 15.1. The van der Waals surface area contributed by atoms with Gasteiger partial charge in [0.2, 0.25) is 5.69 Å². The number of hydrogen-bond donors (Lipinski definition) is 3. The lowest BCUT2D eigenvalue weighted by Crippen LogP contribution is -3.11. The molecule has 3 aromatic rings. The Hall–Kier alpha value is -3.21. The van der Waals surface area contributed by atoms with E-state index in [1.807, 2.05) is 40.9 Å². The van der Waals surface area contributed by atoms with Gasteiger partial charge in [0.25, 0.3) is 5.91 Å². The van der Waals surface area contributed by atoms with E-state index in [1.54, 1.807) is 12.1 Å². The molecular weight excluding hydrogens is 342 g/mol. The van der Waals surface area contributed by atoms with Crippen LogP contribution in [0, 0.1) is 11.3 Å². The number of aromatic nitrogens is 2. The summed E-state index contributed by atoms with van der Waals surface area (Å²) >= 11 is 0. The molecule has 1 aliphatic rings. The number of ether oxygens (including phenoxy) is 1. The Morgan fingerprint density at radius 3 is 2.74 bits per heavy atom. The van der Waals surface area contributed by atoms with E-state index in [-0.39, 0.29) is 5.91 Å². The van der Waals surface area contributed by atoms with Crippen molar-refractivity contribution in [3.8, 4) is 6.07 Å². The van der Waals surface area contributed by atoms with Crippen LogP contribution < -0.4 is 14.6 Å². The van der Waals surface area contributed by atoms with Crippen LogP contribution in [0.3, 0.4) is 0 Å². The van der Waals surface area contributed by atoms with E-state index in [4.69, 9.17) is 10.00 Å². The molecule has 1 aliphatic heterocycles. The zero-order chi connectivity index (χ0) is 18.6. The van der Waals surface area contributed by atoms with Gasteiger partial charge in [-0.3, -0.25) is 4.79 Å². The van der Waals surface area contributed by atoms with Crippen molar-refractivity contribution in [3.63, 3.8) is 0 Å². The Kier molecular flexibility index (Phi) is 4.83. The zero-order valence-electron chi connectivity index (χ0n) is 14.9. The van der Waals surface area contributed by atoms with Gasteiger partial charge in [0, 0.05) is 6.54 Å². The van der Waals surface area contributed by atoms with Crippen LogP contribution in [0.1, 0.15) is 21.6 Å². The number of carbonyl (C=O) groups is 1. The Balaban J connectivity index is 1.56. The highest BCUT2D eigenvalue weighted by atomic mass is 16.5. The molecule has 0 aliphatic carbocycles. The van der Waals surface area contributed by atoms with Crippen molar-refractivity contribution in [1.29, 1.82) is 5.26 Å². The van der Waals surface area contributed by atoms with Crippen LogP contribution in [0.5, 0.6) is 0 Å². The van der Waals surface area contributed by atoms with E-state index in [0.29, 0.717) is 31.0 Å². The Bertz CT molecular complexity index is 997. The number of carbonyl (C=O) groups excluding carboxylic acids is 1. The molecule has 1 amide bonds. The van der Waals surface area contributed by atoms with Crippen molar-refractivity contribution in [2.45, 2.75) is 6.54 Å². The summed E-state index contributed by atoms with van der Waals surface area (Å²) in [5.74, 6) is 0.819. The van der Waals surface area contributed by atoms with E-state index in [2.05, 4.69) is 16.4 Å². The number of pyridine rings is 1. The predicted octanol–water partition coefficient (Wildman–Crippen LogP) is 0.102. The summed E-state index contributed by atoms with van der Waals surface area (Å²) in [4.78, 5) is 17.4. The number of morpholine rings is 1. The van der Waals surface area contributed by atoms with Gasteiger partial charge in [-0.05, 0) is 29.8 Å². The molecule has 0 radical (unpaired) electrons. The largest absolute Gasteiger partial charge is 0.457 e. The highest BCUT2D eigenvalue weighted by Crippen LogP contribution is 2.09. The molecule has 2 aromatic heterocycles. The molecule has 27 heavy (non-hydrogen) atoms. The topological polar surface area (TPSA) is 86.5 Å². The molecule has 0 saturated carbocycles. The van der Waals surface area contributed by atoms with Gasteiger partial charge in [-0.1, -0.05) is 18.2 Å². The summed E-state index contributed by atoms with van der Waals surface area (Å²) in [5.41, 5.74) is 2.96. The first kappa shape index (κ1) is 17.2. The predicted molar refractivity (Wildman–Crippen MR) is 97.5 cm³/mol. The number of benzene rings is 1. The molecule has 1 saturated heterocycles. The van der Waals surface area contributed by atoms with Gasteiger partial charge in [0.15, 0.2) is 5.52 Å². The highest BCUT2D eigenvalue weighted by Gasteiger charge is 2.32. The molecule has 4 rings (SSSR count). The number of fused-ring (bicyclic) bond motifs is 1. The van der Waals surface area contributed by atoms with Crippen molar-refractivity contribution in [2.24, 2.45) is 0 Å². The number of imidazole rings is 1. The van der Waals surface area contributed by atoms with Crippen LogP contribution in [0.4, 0.5) is 5.95 Å². The third-order valence-corrected chi connectivity index (χ3v) is 4.79. The number of hydrogen-bond acceptors (Lipinski definition) is 3. The van der Waals surface area contributed by atoms with Crippen molar-refractivity contribution < 1.29 is 18.8 Å². The van der Waals surface area contributed by atoms with Gasteiger partial charge in [-0.25, -0.2) is 4.90 Å². The number of rotatable bonds is 4. The van der Waals surface area contributed by atoms with Crippen LogP contribution in [-0.4, -0.2) is 37.2 Å². The molecule has 0 unspecified atom stereocenters. The molecule has 136 valence electrons. The molecule has 7 heteroatoms. The molecule has 0 bridgehead atoms. The summed E-state index contributed by atoms with van der Waals surface area (Å²) in [6.07, 6.45) is 1.97. The number of amides is 1. The number of nitrogens with one attached hydrogen (secondary N) is 3. The lowest BCUT2D eigenvalue weighted by molar-refractivity contribution is -0.889. The van der Waals surface area contributed by atoms with Gasteiger partial charge in [-0.15, -0.1) is 4.40 Å². The van der Waals surface area contributed by atoms with Crippen LogP contribution in [0.2, 0.25) is 0 Å². The number of nitrogens with zero attached hydrogens (tertiary/aromatic N) is 2. The lowest BCUT2D eigenvalue weighted by Gasteiger charge is -2.18. The third-order valence-electron chi connectivity index (χ3n) is 4.79. The summed E-state index contributed by atoms with van der Waals surface area (Å²) in [6.45, 7) is 3.56. The fraction of sp³-hybridized carbons (Fsp3) is 0.250. The standard InChI is InChI=1S/C20H19N5O2/c21-13-15-4-6-16(7-5-15)14-22-19(26)18-17-3-1-2-8-25(17)20(23-18)24-9-11-27-12-10-24/h1-8H,9-12,14H2,(H,22,26)/p+2. The van der Waals surface area contributed by atoms with E-state index in [0.717, 1.165) is 30.1 Å². The van der Waals surface area contributed by atoms with E-state index in [1.165, 1.54) is 4.90 Å². The Labute approximate surface area is 156 Å².